The van der Waals surface area contributed by atoms with E-state index in [1.165, 1.54) is 0 Å². The van der Waals surface area contributed by atoms with Gasteiger partial charge in [0.2, 0.25) is 0 Å². The summed E-state index contributed by atoms with van der Waals surface area (Å²) in [6, 6.07) is 1.65. The molecule has 2 rings (SSSR count). The van der Waals surface area contributed by atoms with E-state index < -0.39 is 11.5 Å². The first kappa shape index (κ1) is 14.6. The van der Waals surface area contributed by atoms with Gasteiger partial charge in [-0.05, 0) is 38.7 Å². The van der Waals surface area contributed by atoms with Gasteiger partial charge in [0.1, 0.15) is 17.1 Å². The Morgan fingerprint density at radius 3 is 2.60 bits per heavy atom. The number of amides is 1. The molecule has 1 fully saturated rings. The fourth-order valence-corrected chi connectivity index (χ4v) is 3.03. The summed E-state index contributed by atoms with van der Waals surface area (Å²) in [7, 11) is 0. The number of carboxylic acid groups (broad SMARTS) is 1. The van der Waals surface area contributed by atoms with Gasteiger partial charge in [-0.2, -0.15) is 0 Å². The van der Waals surface area contributed by atoms with Crippen LogP contribution in [0.4, 0.5) is 0 Å². The lowest BCUT2D eigenvalue weighted by atomic mass is 9.73. The Labute approximate surface area is 118 Å². The molecule has 0 aliphatic heterocycles. The minimum absolute atomic E-state index is 0.0778. The lowest BCUT2D eigenvalue weighted by molar-refractivity contribution is -0.148. The summed E-state index contributed by atoms with van der Waals surface area (Å²) in [4.78, 5) is 24.1. The minimum Gasteiger partial charge on any atom is -0.479 e. The predicted octanol–water partition coefficient (Wildman–Crippen LogP) is 2.66. The van der Waals surface area contributed by atoms with E-state index in [0.717, 1.165) is 19.3 Å². The first-order chi connectivity index (χ1) is 9.36. The van der Waals surface area contributed by atoms with Gasteiger partial charge >= 0.3 is 5.97 Å². The van der Waals surface area contributed by atoms with Gasteiger partial charge in [0.05, 0.1) is 5.56 Å². The second kappa shape index (κ2) is 5.31. The third-order valence-electron chi connectivity index (χ3n) is 4.30. The SMILES string of the molecule is Cc1cc(C(=O)NC2(C(=O)O)CCCCC2C)c(C)o1. The molecule has 1 heterocycles. The van der Waals surface area contributed by atoms with Crippen LogP contribution in [0.5, 0.6) is 0 Å². The van der Waals surface area contributed by atoms with E-state index in [4.69, 9.17) is 4.42 Å². The summed E-state index contributed by atoms with van der Waals surface area (Å²) >= 11 is 0. The van der Waals surface area contributed by atoms with Crippen molar-refractivity contribution in [2.75, 3.05) is 0 Å². The summed E-state index contributed by atoms with van der Waals surface area (Å²) in [6.07, 6.45) is 3.12. The number of hydrogen-bond acceptors (Lipinski definition) is 3. The zero-order valence-electron chi connectivity index (χ0n) is 12.2. The first-order valence-corrected chi connectivity index (χ1v) is 7.00. The fourth-order valence-electron chi connectivity index (χ4n) is 3.03. The molecule has 2 unspecified atom stereocenters. The number of carboxylic acids is 1. The van der Waals surface area contributed by atoms with Gasteiger partial charge in [0.15, 0.2) is 0 Å². The van der Waals surface area contributed by atoms with Crippen LogP contribution in [-0.2, 0) is 4.79 Å². The highest BCUT2D eigenvalue weighted by Crippen LogP contribution is 2.34. The number of hydrogen-bond donors (Lipinski definition) is 2. The molecule has 0 bridgehead atoms. The van der Waals surface area contributed by atoms with Crippen molar-refractivity contribution in [1.82, 2.24) is 5.32 Å². The third-order valence-corrected chi connectivity index (χ3v) is 4.30. The predicted molar refractivity (Wildman–Crippen MR) is 73.6 cm³/mol. The Balaban J connectivity index is 2.27. The molecule has 1 aromatic rings. The molecule has 1 aliphatic rings. The smallest absolute Gasteiger partial charge is 0.329 e. The van der Waals surface area contributed by atoms with Crippen molar-refractivity contribution >= 4 is 11.9 Å². The molecule has 0 aromatic carbocycles. The maximum atomic E-state index is 12.4. The molecule has 2 N–H and O–H groups in total. The van der Waals surface area contributed by atoms with Crippen LogP contribution >= 0.6 is 0 Å². The van der Waals surface area contributed by atoms with E-state index in [1.54, 1.807) is 19.9 Å². The van der Waals surface area contributed by atoms with Crippen molar-refractivity contribution in [3.8, 4) is 0 Å². The molecular formula is C15H21NO4. The maximum absolute atomic E-state index is 12.4. The molecule has 110 valence electrons. The quantitative estimate of drug-likeness (QED) is 0.891. The molecule has 1 saturated carbocycles. The largest absolute Gasteiger partial charge is 0.479 e. The summed E-state index contributed by atoms with van der Waals surface area (Å²) in [5.74, 6) is -0.227. The minimum atomic E-state index is -1.16. The fraction of sp³-hybridized carbons (Fsp3) is 0.600. The Hall–Kier alpha value is -1.78. The number of carbonyl (C=O) groups is 2. The van der Waals surface area contributed by atoms with Crippen molar-refractivity contribution in [3.05, 3.63) is 23.2 Å². The number of carbonyl (C=O) groups excluding carboxylic acids is 1. The van der Waals surface area contributed by atoms with E-state index in [-0.39, 0.29) is 11.8 Å². The van der Waals surface area contributed by atoms with Crippen LogP contribution in [0.25, 0.3) is 0 Å². The molecule has 0 radical (unpaired) electrons. The summed E-state index contributed by atoms with van der Waals surface area (Å²) in [5, 5.41) is 12.3. The van der Waals surface area contributed by atoms with Crippen LogP contribution in [0.1, 0.15) is 54.5 Å². The van der Waals surface area contributed by atoms with E-state index >= 15 is 0 Å². The number of rotatable bonds is 3. The molecule has 1 aliphatic carbocycles. The van der Waals surface area contributed by atoms with Crippen molar-refractivity contribution < 1.29 is 19.1 Å². The van der Waals surface area contributed by atoms with E-state index in [1.807, 2.05) is 6.92 Å². The second-order valence-electron chi connectivity index (χ2n) is 5.70. The van der Waals surface area contributed by atoms with Gasteiger partial charge in [-0.3, -0.25) is 4.79 Å². The first-order valence-electron chi connectivity index (χ1n) is 7.00. The lowest BCUT2D eigenvalue weighted by Crippen LogP contribution is -2.60. The standard InChI is InChI=1S/C15H21NO4/c1-9-6-4-5-7-15(9,14(18)19)16-13(17)12-8-10(2)20-11(12)3/h8-9H,4-7H2,1-3H3,(H,16,17)(H,18,19). The highest BCUT2D eigenvalue weighted by atomic mass is 16.4. The van der Waals surface area contributed by atoms with Crippen LogP contribution in [0.15, 0.2) is 10.5 Å². The molecule has 1 amide bonds. The van der Waals surface area contributed by atoms with Crippen molar-refractivity contribution in [1.29, 1.82) is 0 Å². The highest BCUT2D eigenvalue weighted by molar-refractivity contribution is 5.98. The molecule has 2 atom stereocenters. The summed E-state index contributed by atoms with van der Waals surface area (Å²) in [5.41, 5.74) is -0.742. The average molecular weight is 279 g/mol. The van der Waals surface area contributed by atoms with Gasteiger partial charge in [0, 0.05) is 0 Å². The lowest BCUT2D eigenvalue weighted by Gasteiger charge is -2.39. The van der Waals surface area contributed by atoms with Crippen LogP contribution in [-0.4, -0.2) is 22.5 Å². The molecule has 1 aromatic heterocycles. The summed E-state index contributed by atoms with van der Waals surface area (Å²) < 4.78 is 5.34. The molecule has 0 spiro atoms. The molecular weight excluding hydrogens is 258 g/mol. The monoisotopic (exact) mass is 279 g/mol. The number of aliphatic carboxylic acids is 1. The topological polar surface area (TPSA) is 79.5 Å². The van der Waals surface area contributed by atoms with E-state index in [9.17, 15) is 14.7 Å². The van der Waals surface area contributed by atoms with Gasteiger partial charge < -0.3 is 14.8 Å². The third kappa shape index (κ3) is 2.44. The number of furan rings is 1. The Morgan fingerprint density at radius 2 is 2.10 bits per heavy atom. The number of nitrogens with one attached hydrogen (secondary N) is 1. The van der Waals surface area contributed by atoms with Crippen LogP contribution in [0.2, 0.25) is 0 Å². The zero-order valence-corrected chi connectivity index (χ0v) is 12.2. The van der Waals surface area contributed by atoms with E-state index in [0.29, 0.717) is 23.5 Å². The maximum Gasteiger partial charge on any atom is 0.329 e. The Morgan fingerprint density at radius 1 is 1.40 bits per heavy atom. The van der Waals surface area contributed by atoms with Crippen LogP contribution in [0.3, 0.4) is 0 Å². The van der Waals surface area contributed by atoms with Gasteiger partial charge in [-0.15, -0.1) is 0 Å². The Kier molecular flexibility index (Phi) is 3.88. The summed E-state index contributed by atoms with van der Waals surface area (Å²) in [6.45, 7) is 5.36. The Bertz CT molecular complexity index is 534. The van der Waals surface area contributed by atoms with Crippen molar-refractivity contribution in [3.63, 3.8) is 0 Å². The molecule has 5 nitrogen and oxygen atoms in total. The van der Waals surface area contributed by atoms with Crippen molar-refractivity contribution in [2.24, 2.45) is 5.92 Å². The van der Waals surface area contributed by atoms with Crippen LogP contribution in [0, 0.1) is 19.8 Å². The van der Waals surface area contributed by atoms with Gasteiger partial charge in [0.25, 0.3) is 5.91 Å². The normalized spacial score (nSPS) is 26.2. The second-order valence-corrected chi connectivity index (χ2v) is 5.70. The van der Waals surface area contributed by atoms with E-state index in [2.05, 4.69) is 5.32 Å². The average Bonchev–Trinajstić information content (AvgIpc) is 2.71. The zero-order chi connectivity index (χ0) is 14.9. The van der Waals surface area contributed by atoms with Crippen molar-refractivity contribution in [2.45, 2.75) is 52.0 Å². The highest BCUT2D eigenvalue weighted by Gasteiger charge is 2.46. The molecule has 0 saturated heterocycles. The molecule has 5 heteroatoms. The van der Waals surface area contributed by atoms with Crippen LogP contribution < -0.4 is 5.32 Å². The number of aryl methyl sites for hydroxylation is 2. The van der Waals surface area contributed by atoms with Gasteiger partial charge in [-0.25, -0.2) is 4.79 Å². The van der Waals surface area contributed by atoms with Gasteiger partial charge in [-0.1, -0.05) is 19.8 Å². The molecule has 20 heavy (non-hydrogen) atoms.